The summed E-state index contributed by atoms with van der Waals surface area (Å²) in [5.74, 6) is 0.00926. The Hall–Kier alpha value is -0.940. The van der Waals surface area contributed by atoms with E-state index in [1.54, 1.807) is 6.92 Å². The summed E-state index contributed by atoms with van der Waals surface area (Å²) in [7, 11) is 2.35. The van der Waals surface area contributed by atoms with E-state index in [1.807, 2.05) is 13.8 Å². The molecule has 0 aromatic carbocycles. The Kier molecular flexibility index (Phi) is 44.4. The Morgan fingerprint density at radius 2 is 1.31 bits per heavy atom. The summed E-state index contributed by atoms with van der Waals surface area (Å²) in [6.45, 7) is 7.04. The average Bonchev–Trinajstić information content (AvgIpc) is 2.32. The van der Waals surface area contributed by atoms with E-state index in [-0.39, 0.29) is 11.8 Å². The lowest BCUT2D eigenvalue weighted by atomic mass is 10.4. The van der Waals surface area contributed by atoms with Gasteiger partial charge in [0, 0.05) is 27.1 Å². The second-order valence-corrected chi connectivity index (χ2v) is 2.47. The van der Waals surface area contributed by atoms with Crippen molar-refractivity contribution in [2.75, 3.05) is 20.8 Å². The molecule has 0 unspecified atom stereocenters. The summed E-state index contributed by atoms with van der Waals surface area (Å²) < 4.78 is 4.11. The molecule has 0 aliphatic rings. The van der Waals surface area contributed by atoms with Crippen LogP contribution in [0.3, 0.4) is 0 Å². The topological polar surface area (TPSA) is 83.8 Å². The van der Waals surface area contributed by atoms with E-state index in [0.29, 0.717) is 13.0 Å². The molecule has 0 aromatic rings. The molecule has 5 nitrogen and oxygen atoms in total. The van der Waals surface area contributed by atoms with Crippen LogP contribution >= 0.6 is 0 Å². The molecule has 0 fully saturated rings. The Balaban J connectivity index is -0.0000000629. The van der Waals surface area contributed by atoms with E-state index in [9.17, 15) is 9.59 Å². The molecule has 0 heterocycles. The zero-order chi connectivity index (χ0) is 14.0. The van der Waals surface area contributed by atoms with Crippen LogP contribution in [0.15, 0.2) is 0 Å². The van der Waals surface area contributed by atoms with Gasteiger partial charge in [-0.2, -0.15) is 0 Å². The first-order chi connectivity index (χ1) is 7.45. The second-order valence-electron chi connectivity index (χ2n) is 2.47. The number of methoxy groups -OCH3 is 1. The number of carbonyl (C=O) groups is 2. The summed E-state index contributed by atoms with van der Waals surface area (Å²) in [6.07, 6.45) is 1.54. The molecule has 0 rings (SSSR count). The van der Waals surface area contributed by atoms with Crippen LogP contribution < -0.4 is 0 Å². The van der Waals surface area contributed by atoms with Gasteiger partial charge in [-0.1, -0.05) is 13.8 Å². The first-order valence-corrected chi connectivity index (χ1v) is 5.05. The van der Waals surface area contributed by atoms with Gasteiger partial charge in [-0.25, -0.2) is 0 Å². The molecule has 0 saturated heterocycles. The first-order valence-electron chi connectivity index (χ1n) is 5.05. The molecule has 0 saturated carbocycles. The number of rotatable bonds is 2. The molecule has 100 valence electrons. The highest BCUT2D eigenvalue weighted by Gasteiger charge is 1.77. The van der Waals surface area contributed by atoms with Gasteiger partial charge < -0.3 is 19.7 Å². The van der Waals surface area contributed by atoms with Crippen molar-refractivity contribution < 1.29 is 24.5 Å². The highest BCUT2D eigenvalue weighted by atomic mass is 16.5. The maximum absolute atomic E-state index is 9.81. The van der Waals surface area contributed by atoms with Crippen molar-refractivity contribution in [3.05, 3.63) is 0 Å². The number of carbonyl (C=O) groups excluding carboxylic acids is 2. The zero-order valence-electron chi connectivity index (χ0n) is 11.2. The number of esters is 1. The molecule has 0 aliphatic carbocycles. The summed E-state index contributed by atoms with van der Waals surface area (Å²) in [5, 5.41) is 14.9. The molecule has 0 bridgehead atoms. The summed E-state index contributed by atoms with van der Waals surface area (Å²) in [5.41, 5.74) is 0. The fourth-order valence-corrected chi connectivity index (χ4v) is 0. The van der Waals surface area contributed by atoms with E-state index < -0.39 is 0 Å². The lowest BCUT2D eigenvalue weighted by Crippen LogP contribution is -1.88. The highest BCUT2D eigenvalue weighted by Crippen LogP contribution is 1.71. The molecule has 0 aliphatic heterocycles. The Morgan fingerprint density at radius 1 is 1.12 bits per heavy atom. The van der Waals surface area contributed by atoms with E-state index in [1.165, 1.54) is 14.0 Å². The van der Waals surface area contributed by atoms with Crippen LogP contribution in [0.1, 0.15) is 40.5 Å². The van der Waals surface area contributed by atoms with Crippen LogP contribution in [-0.4, -0.2) is 42.8 Å². The number of aliphatic hydroxyl groups is 2. The average molecular weight is 238 g/mol. The maximum Gasteiger partial charge on any atom is 0.302 e. The van der Waals surface area contributed by atoms with Crippen LogP contribution in [0.4, 0.5) is 0 Å². The van der Waals surface area contributed by atoms with E-state index >= 15 is 0 Å². The number of hydrogen-bond donors (Lipinski definition) is 2. The third kappa shape index (κ3) is 115. The van der Waals surface area contributed by atoms with Gasteiger partial charge in [0.1, 0.15) is 5.78 Å². The third-order valence-corrected chi connectivity index (χ3v) is 1.01. The van der Waals surface area contributed by atoms with Crippen LogP contribution in [0.5, 0.6) is 0 Å². The summed E-state index contributed by atoms with van der Waals surface area (Å²) in [6, 6.07) is 0. The SMILES string of the molecule is CCC(C)=O.CCCO.CO.COC(C)=O. The minimum Gasteiger partial charge on any atom is -0.469 e. The van der Waals surface area contributed by atoms with Crippen LogP contribution in [0.2, 0.25) is 0 Å². The molecular weight excluding hydrogens is 212 g/mol. The van der Waals surface area contributed by atoms with Gasteiger partial charge in [0.05, 0.1) is 7.11 Å². The summed E-state index contributed by atoms with van der Waals surface area (Å²) >= 11 is 0. The normalized spacial score (nSPS) is 6.75. The van der Waals surface area contributed by atoms with Crippen molar-refractivity contribution >= 4 is 11.8 Å². The molecule has 0 amide bonds. The predicted molar refractivity (Wildman–Crippen MR) is 64.2 cm³/mol. The van der Waals surface area contributed by atoms with Crippen molar-refractivity contribution in [1.82, 2.24) is 0 Å². The minimum atomic E-state index is -0.245. The smallest absolute Gasteiger partial charge is 0.302 e. The van der Waals surface area contributed by atoms with Gasteiger partial charge in [0.15, 0.2) is 0 Å². The second kappa shape index (κ2) is 29.2. The Morgan fingerprint density at radius 3 is 1.31 bits per heavy atom. The summed E-state index contributed by atoms with van der Waals surface area (Å²) in [4.78, 5) is 19.4. The number of ketones is 1. The zero-order valence-corrected chi connectivity index (χ0v) is 11.2. The number of ether oxygens (including phenoxy) is 1. The van der Waals surface area contributed by atoms with Crippen LogP contribution in [0.25, 0.3) is 0 Å². The van der Waals surface area contributed by atoms with E-state index in [2.05, 4.69) is 4.74 Å². The fourth-order valence-electron chi connectivity index (χ4n) is 0. The molecule has 0 spiro atoms. The molecule has 2 N–H and O–H groups in total. The van der Waals surface area contributed by atoms with Crippen molar-refractivity contribution in [1.29, 1.82) is 0 Å². The molecule has 0 atom stereocenters. The third-order valence-electron chi connectivity index (χ3n) is 1.01. The van der Waals surface area contributed by atoms with E-state index in [0.717, 1.165) is 13.5 Å². The number of aliphatic hydroxyl groups excluding tert-OH is 2. The number of hydrogen-bond acceptors (Lipinski definition) is 5. The lowest BCUT2D eigenvalue weighted by Gasteiger charge is -1.80. The molecule has 0 radical (unpaired) electrons. The van der Waals surface area contributed by atoms with Gasteiger partial charge >= 0.3 is 5.97 Å². The molecule has 0 aromatic heterocycles. The minimum absolute atomic E-state index is 0.245. The highest BCUT2D eigenvalue weighted by molar-refractivity contribution is 5.74. The lowest BCUT2D eigenvalue weighted by molar-refractivity contribution is -0.137. The van der Waals surface area contributed by atoms with Gasteiger partial charge in [-0.3, -0.25) is 4.79 Å². The van der Waals surface area contributed by atoms with Crippen molar-refractivity contribution in [3.63, 3.8) is 0 Å². The molecule has 5 heteroatoms. The largest absolute Gasteiger partial charge is 0.469 e. The van der Waals surface area contributed by atoms with Crippen molar-refractivity contribution in [3.8, 4) is 0 Å². The standard InChI is InChI=1S/C4H8O.C3H6O2.C3H8O.CH4O/c1-3-4(2)5;1-3(4)5-2;1-2-3-4;1-2/h3H2,1-2H3;1-2H3;4H,2-3H2,1H3;2H,1H3. The number of Topliss-reactive ketones (excluding diaryl/α,β-unsaturated/α-hetero) is 1. The molecular formula is C11H26O5. The Labute approximate surface area is 98.4 Å². The first kappa shape index (κ1) is 24.3. The van der Waals surface area contributed by atoms with E-state index in [4.69, 9.17) is 10.2 Å². The fraction of sp³-hybridized carbons (Fsp3) is 0.818. The monoisotopic (exact) mass is 238 g/mol. The molecule has 16 heavy (non-hydrogen) atoms. The van der Waals surface area contributed by atoms with Gasteiger partial charge in [0.2, 0.25) is 0 Å². The van der Waals surface area contributed by atoms with Crippen LogP contribution in [0, 0.1) is 0 Å². The van der Waals surface area contributed by atoms with Crippen molar-refractivity contribution in [2.24, 2.45) is 0 Å². The van der Waals surface area contributed by atoms with Gasteiger partial charge in [-0.15, -0.1) is 0 Å². The van der Waals surface area contributed by atoms with Gasteiger partial charge in [-0.05, 0) is 13.3 Å². The maximum atomic E-state index is 9.81. The quantitative estimate of drug-likeness (QED) is 0.705. The Bertz CT molecular complexity index is 118. The van der Waals surface area contributed by atoms with Crippen LogP contribution in [-0.2, 0) is 14.3 Å². The van der Waals surface area contributed by atoms with Gasteiger partial charge in [0.25, 0.3) is 0 Å². The predicted octanol–water partition coefficient (Wildman–Crippen LogP) is 1.16. The van der Waals surface area contributed by atoms with Crippen molar-refractivity contribution in [2.45, 2.75) is 40.5 Å².